The van der Waals surface area contributed by atoms with Gasteiger partial charge in [-0.2, -0.15) is 0 Å². The predicted molar refractivity (Wildman–Crippen MR) is 86.6 cm³/mol. The average Bonchev–Trinajstić information content (AvgIpc) is 3.02. The lowest BCUT2D eigenvalue weighted by Crippen LogP contribution is -2.38. The lowest BCUT2D eigenvalue weighted by Gasteiger charge is -2.22. The predicted octanol–water partition coefficient (Wildman–Crippen LogP) is 1.68. The molecule has 0 aliphatic carbocycles. The Bertz CT molecular complexity index is 571. The fourth-order valence-electron chi connectivity index (χ4n) is 3.05. The fourth-order valence-corrected chi connectivity index (χ4v) is 3.05. The van der Waals surface area contributed by atoms with Crippen molar-refractivity contribution < 1.29 is 19.0 Å². The van der Waals surface area contributed by atoms with E-state index in [1.165, 1.54) is 0 Å². The van der Waals surface area contributed by atoms with E-state index in [1.807, 2.05) is 0 Å². The molecule has 2 heterocycles. The molecule has 6 nitrogen and oxygen atoms in total. The summed E-state index contributed by atoms with van der Waals surface area (Å²) in [5.41, 5.74) is 0.536. The molecule has 2 aliphatic rings. The van der Waals surface area contributed by atoms with Gasteiger partial charge in [-0.1, -0.05) is 0 Å². The van der Waals surface area contributed by atoms with E-state index in [1.54, 1.807) is 19.2 Å². The van der Waals surface area contributed by atoms with Crippen molar-refractivity contribution in [3.63, 3.8) is 0 Å². The highest BCUT2D eigenvalue weighted by Gasteiger charge is 2.27. The van der Waals surface area contributed by atoms with Crippen LogP contribution in [0.1, 0.15) is 30.6 Å². The standard InChI is InChI=1S/C17H24N2O4/c1-11(2)19-5-4-13(10-19)18-17(20)12-8-14(21-3)16-15(9-12)22-6-7-23-16/h8-9,11,13H,4-7,10H2,1-3H3,(H,18,20). The van der Waals surface area contributed by atoms with E-state index in [9.17, 15) is 4.79 Å². The van der Waals surface area contributed by atoms with Crippen molar-refractivity contribution in [3.8, 4) is 17.2 Å². The molecule has 1 atom stereocenters. The zero-order valence-electron chi connectivity index (χ0n) is 13.9. The van der Waals surface area contributed by atoms with Crippen LogP contribution in [-0.2, 0) is 0 Å². The van der Waals surface area contributed by atoms with Crippen LogP contribution in [-0.4, -0.2) is 56.3 Å². The summed E-state index contributed by atoms with van der Waals surface area (Å²) in [7, 11) is 1.56. The van der Waals surface area contributed by atoms with Crippen LogP contribution < -0.4 is 19.5 Å². The van der Waals surface area contributed by atoms with E-state index in [0.29, 0.717) is 42.1 Å². The Kier molecular flexibility index (Phi) is 4.61. The second kappa shape index (κ2) is 6.66. The van der Waals surface area contributed by atoms with E-state index in [4.69, 9.17) is 14.2 Å². The zero-order valence-corrected chi connectivity index (χ0v) is 13.9. The number of nitrogens with one attached hydrogen (secondary N) is 1. The first kappa shape index (κ1) is 15.9. The molecule has 3 rings (SSSR count). The molecule has 0 radical (unpaired) electrons. The van der Waals surface area contributed by atoms with Gasteiger partial charge in [0.2, 0.25) is 5.75 Å². The molecule has 0 spiro atoms. The summed E-state index contributed by atoms with van der Waals surface area (Å²) < 4.78 is 16.5. The summed E-state index contributed by atoms with van der Waals surface area (Å²) in [5.74, 6) is 1.57. The molecule has 1 saturated heterocycles. The molecular formula is C17H24N2O4. The van der Waals surface area contributed by atoms with Crippen LogP contribution in [0.2, 0.25) is 0 Å². The van der Waals surface area contributed by atoms with Gasteiger partial charge in [0, 0.05) is 30.7 Å². The van der Waals surface area contributed by atoms with Gasteiger partial charge in [0.15, 0.2) is 11.5 Å². The minimum Gasteiger partial charge on any atom is -0.493 e. The van der Waals surface area contributed by atoms with Gasteiger partial charge in [0.05, 0.1) is 7.11 Å². The number of amides is 1. The Labute approximate surface area is 136 Å². The molecule has 6 heteroatoms. The Hall–Kier alpha value is -1.95. The van der Waals surface area contributed by atoms with E-state index in [-0.39, 0.29) is 11.9 Å². The molecule has 2 aliphatic heterocycles. The number of carbonyl (C=O) groups excluding carboxylic acids is 1. The maximum Gasteiger partial charge on any atom is 0.251 e. The second-order valence-corrected chi connectivity index (χ2v) is 6.25. The van der Waals surface area contributed by atoms with Crippen LogP contribution >= 0.6 is 0 Å². The first-order chi connectivity index (χ1) is 11.1. The van der Waals surface area contributed by atoms with Gasteiger partial charge in [0.25, 0.3) is 5.91 Å². The maximum absolute atomic E-state index is 12.5. The number of fused-ring (bicyclic) bond motifs is 1. The molecule has 1 aromatic rings. The summed E-state index contributed by atoms with van der Waals surface area (Å²) in [5, 5.41) is 3.11. The van der Waals surface area contributed by atoms with Crippen molar-refractivity contribution in [1.29, 1.82) is 0 Å². The van der Waals surface area contributed by atoms with Crippen molar-refractivity contribution >= 4 is 5.91 Å². The first-order valence-corrected chi connectivity index (χ1v) is 8.11. The third-order valence-corrected chi connectivity index (χ3v) is 4.38. The van der Waals surface area contributed by atoms with Gasteiger partial charge in [-0.05, 0) is 32.4 Å². The maximum atomic E-state index is 12.5. The van der Waals surface area contributed by atoms with Gasteiger partial charge in [-0.15, -0.1) is 0 Å². The van der Waals surface area contributed by atoms with E-state index in [2.05, 4.69) is 24.1 Å². The molecular weight excluding hydrogens is 296 g/mol. The molecule has 1 N–H and O–H groups in total. The summed E-state index contributed by atoms with van der Waals surface area (Å²) in [6, 6.07) is 4.12. The number of benzene rings is 1. The Morgan fingerprint density at radius 1 is 1.35 bits per heavy atom. The van der Waals surface area contributed by atoms with Crippen molar-refractivity contribution in [2.24, 2.45) is 0 Å². The normalized spacial score (nSPS) is 20.6. The Morgan fingerprint density at radius 2 is 2.13 bits per heavy atom. The van der Waals surface area contributed by atoms with Crippen molar-refractivity contribution in [2.45, 2.75) is 32.4 Å². The van der Waals surface area contributed by atoms with E-state index in [0.717, 1.165) is 19.5 Å². The highest BCUT2D eigenvalue weighted by atomic mass is 16.6. The molecule has 126 valence electrons. The molecule has 23 heavy (non-hydrogen) atoms. The number of hydrogen-bond donors (Lipinski definition) is 1. The lowest BCUT2D eigenvalue weighted by molar-refractivity contribution is 0.0934. The van der Waals surface area contributed by atoms with Crippen LogP contribution in [0.4, 0.5) is 0 Å². The summed E-state index contributed by atoms with van der Waals surface area (Å²) >= 11 is 0. The minimum absolute atomic E-state index is 0.101. The van der Waals surface area contributed by atoms with Gasteiger partial charge < -0.3 is 19.5 Å². The SMILES string of the molecule is COc1cc(C(=O)NC2CCN(C(C)C)C2)cc2c1OCCO2. The highest BCUT2D eigenvalue weighted by Crippen LogP contribution is 2.40. The third kappa shape index (κ3) is 3.37. The monoisotopic (exact) mass is 320 g/mol. The summed E-state index contributed by atoms with van der Waals surface area (Å²) in [4.78, 5) is 14.9. The topological polar surface area (TPSA) is 60.0 Å². The van der Waals surface area contributed by atoms with E-state index >= 15 is 0 Å². The van der Waals surface area contributed by atoms with Crippen LogP contribution in [0.15, 0.2) is 12.1 Å². The molecule has 0 bridgehead atoms. The molecule has 0 aromatic heterocycles. The van der Waals surface area contributed by atoms with Crippen LogP contribution in [0.5, 0.6) is 17.2 Å². The molecule has 1 fully saturated rings. The number of rotatable bonds is 4. The number of methoxy groups -OCH3 is 1. The van der Waals surface area contributed by atoms with E-state index < -0.39 is 0 Å². The number of ether oxygens (including phenoxy) is 3. The molecule has 1 aromatic carbocycles. The fraction of sp³-hybridized carbons (Fsp3) is 0.588. The van der Waals surface area contributed by atoms with Gasteiger partial charge in [-0.25, -0.2) is 0 Å². The average molecular weight is 320 g/mol. The second-order valence-electron chi connectivity index (χ2n) is 6.25. The van der Waals surface area contributed by atoms with Gasteiger partial charge >= 0.3 is 0 Å². The lowest BCUT2D eigenvalue weighted by atomic mass is 10.1. The van der Waals surface area contributed by atoms with Gasteiger partial charge in [-0.3, -0.25) is 9.69 Å². The van der Waals surface area contributed by atoms with Crippen LogP contribution in [0.3, 0.4) is 0 Å². The van der Waals surface area contributed by atoms with Crippen molar-refractivity contribution in [2.75, 3.05) is 33.4 Å². The van der Waals surface area contributed by atoms with Crippen molar-refractivity contribution in [3.05, 3.63) is 17.7 Å². The summed E-state index contributed by atoms with van der Waals surface area (Å²) in [6.07, 6.45) is 0.978. The van der Waals surface area contributed by atoms with Crippen LogP contribution in [0, 0.1) is 0 Å². The van der Waals surface area contributed by atoms with Crippen LogP contribution in [0.25, 0.3) is 0 Å². The number of nitrogens with zero attached hydrogens (tertiary/aromatic N) is 1. The Morgan fingerprint density at radius 3 is 2.83 bits per heavy atom. The smallest absolute Gasteiger partial charge is 0.251 e. The van der Waals surface area contributed by atoms with Crippen molar-refractivity contribution in [1.82, 2.24) is 10.2 Å². The number of likely N-dealkylation sites (tertiary alicyclic amines) is 1. The summed E-state index contributed by atoms with van der Waals surface area (Å²) in [6.45, 7) is 7.24. The first-order valence-electron chi connectivity index (χ1n) is 8.11. The molecule has 1 unspecified atom stereocenters. The zero-order chi connectivity index (χ0) is 16.4. The molecule has 1 amide bonds. The van der Waals surface area contributed by atoms with Gasteiger partial charge in [0.1, 0.15) is 13.2 Å². The number of hydrogen-bond acceptors (Lipinski definition) is 5. The molecule has 0 saturated carbocycles. The highest BCUT2D eigenvalue weighted by molar-refractivity contribution is 5.95. The third-order valence-electron chi connectivity index (χ3n) is 4.38. The quantitative estimate of drug-likeness (QED) is 0.914. The largest absolute Gasteiger partial charge is 0.493 e. The Balaban J connectivity index is 1.72. The number of carbonyl (C=O) groups is 1. The minimum atomic E-state index is -0.101.